The summed E-state index contributed by atoms with van der Waals surface area (Å²) in [5, 5.41) is 0. The van der Waals surface area contributed by atoms with Crippen molar-refractivity contribution in [3.8, 4) is 0 Å². The Morgan fingerprint density at radius 1 is 1.55 bits per heavy atom. The first-order valence-corrected chi connectivity index (χ1v) is 4.07. The Hall–Kier alpha value is -0.920. The van der Waals surface area contributed by atoms with Crippen LogP contribution < -0.4 is 5.73 Å². The monoisotopic (exact) mass is 152 g/mol. The van der Waals surface area contributed by atoms with E-state index in [1.54, 1.807) is 0 Å². The number of hydrogen-bond donors (Lipinski definition) is 1. The topological polar surface area (TPSA) is 30.9 Å². The molecular weight excluding hydrogens is 136 g/mol. The van der Waals surface area contributed by atoms with Gasteiger partial charge in [0.25, 0.3) is 0 Å². The summed E-state index contributed by atoms with van der Waals surface area (Å²) < 4.78 is 2.08. The van der Waals surface area contributed by atoms with Crippen LogP contribution >= 0.6 is 0 Å². The second-order valence-corrected chi connectivity index (χ2v) is 3.01. The Morgan fingerprint density at radius 2 is 2.18 bits per heavy atom. The number of anilines is 1. The van der Waals surface area contributed by atoms with E-state index in [4.69, 9.17) is 5.73 Å². The van der Waals surface area contributed by atoms with E-state index in [9.17, 15) is 0 Å². The van der Waals surface area contributed by atoms with Crippen molar-refractivity contribution >= 4 is 5.69 Å². The standard InChI is InChI=1S/C9H16N2/c1-4-5-8-7(2)11(3)6-9(8)10/h6H,4-5,10H2,1-3H3. The molecule has 0 aliphatic rings. The largest absolute Gasteiger partial charge is 0.397 e. The molecule has 0 bridgehead atoms. The molecule has 2 nitrogen and oxygen atoms in total. The summed E-state index contributed by atoms with van der Waals surface area (Å²) >= 11 is 0. The average Bonchev–Trinajstić information content (AvgIpc) is 2.17. The van der Waals surface area contributed by atoms with Gasteiger partial charge in [-0.25, -0.2) is 0 Å². The minimum absolute atomic E-state index is 0.937. The predicted molar refractivity (Wildman–Crippen MR) is 48.6 cm³/mol. The van der Waals surface area contributed by atoms with Gasteiger partial charge in [-0.2, -0.15) is 0 Å². The summed E-state index contributed by atoms with van der Waals surface area (Å²) in [6.45, 7) is 4.28. The van der Waals surface area contributed by atoms with Crippen LogP contribution in [-0.4, -0.2) is 4.57 Å². The van der Waals surface area contributed by atoms with E-state index in [0.29, 0.717) is 0 Å². The third-order valence-corrected chi connectivity index (χ3v) is 2.15. The van der Waals surface area contributed by atoms with E-state index < -0.39 is 0 Å². The van der Waals surface area contributed by atoms with Crippen LogP contribution in [0.2, 0.25) is 0 Å². The van der Waals surface area contributed by atoms with Crippen LogP contribution in [0.25, 0.3) is 0 Å². The molecule has 1 aromatic heterocycles. The van der Waals surface area contributed by atoms with Crippen molar-refractivity contribution in [3.05, 3.63) is 17.5 Å². The number of nitrogen functional groups attached to an aromatic ring is 1. The van der Waals surface area contributed by atoms with Gasteiger partial charge in [-0.05, 0) is 18.9 Å². The summed E-state index contributed by atoms with van der Waals surface area (Å²) in [5.74, 6) is 0. The first kappa shape index (κ1) is 8.18. The summed E-state index contributed by atoms with van der Waals surface area (Å²) in [4.78, 5) is 0. The Balaban J connectivity index is 3.02. The first-order chi connectivity index (χ1) is 5.16. The highest BCUT2D eigenvalue weighted by molar-refractivity contribution is 5.49. The van der Waals surface area contributed by atoms with Gasteiger partial charge in [0, 0.05) is 18.9 Å². The van der Waals surface area contributed by atoms with Crippen molar-refractivity contribution in [2.24, 2.45) is 7.05 Å². The average molecular weight is 152 g/mol. The molecule has 1 heterocycles. The molecule has 0 aliphatic carbocycles. The van der Waals surface area contributed by atoms with Crippen LogP contribution in [0.15, 0.2) is 6.20 Å². The number of nitrogens with zero attached hydrogens (tertiary/aromatic N) is 1. The molecule has 0 spiro atoms. The van der Waals surface area contributed by atoms with E-state index >= 15 is 0 Å². The molecule has 0 unspecified atom stereocenters. The minimum atomic E-state index is 0.937. The van der Waals surface area contributed by atoms with Crippen molar-refractivity contribution in [3.63, 3.8) is 0 Å². The predicted octanol–water partition coefficient (Wildman–Crippen LogP) is 1.87. The normalized spacial score (nSPS) is 10.5. The molecule has 62 valence electrons. The maximum Gasteiger partial charge on any atom is 0.0529 e. The van der Waals surface area contributed by atoms with Crippen molar-refractivity contribution in [2.45, 2.75) is 26.7 Å². The fourth-order valence-corrected chi connectivity index (χ4v) is 1.38. The number of aromatic nitrogens is 1. The van der Waals surface area contributed by atoms with Gasteiger partial charge in [-0.3, -0.25) is 0 Å². The van der Waals surface area contributed by atoms with Gasteiger partial charge in [0.2, 0.25) is 0 Å². The van der Waals surface area contributed by atoms with Gasteiger partial charge in [-0.1, -0.05) is 13.3 Å². The van der Waals surface area contributed by atoms with E-state index in [1.807, 2.05) is 13.2 Å². The molecule has 0 saturated carbocycles. The molecule has 0 atom stereocenters. The molecule has 0 saturated heterocycles. The van der Waals surface area contributed by atoms with Crippen molar-refractivity contribution in [1.82, 2.24) is 4.57 Å². The van der Waals surface area contributed by atoms with Crippen LogP contribution in [-0.2, 0) is 13.5 Å². The third-order valence-electron chi connectivity index (χ3n) is 2.15. The van der Waals surface area contributed by atoms with E-state index in [0.717, 1.165) is 18.5 Å². The van der Waals surface area contributed by atoms with Gasteiger partial charge >= 0.3 is 0 Å². The summed E-state index contributed by atoms with van der Waals surface area (Å²) in [6, 6.07) is 0. The molecular formula is C9H16N2. The zero-order valence-electron chi connectivity index (χ0n) is 7.52. The highest BCUT2D eigenvalue weighted by Gasteiger charge is 2.05. The zero-order valence-corrected chi connectivity index (χ0v) is 7.52. The van der Waals surface area contributed by atoms with Crippen molar-refractivity contribution in [2.75, 3.05) is 5.73 Å². The lowest BCUT2D eigenvalue weighted by atomic mass is 10.1. The SMILES string of the molecule is CCCc1c(N)cn(C)c1C. The van der Waals surface area contributed by atoms with Gasteiger partial charge in [-0.15, -0.1) is 0 Å². The second-order valence-electron chi connectivity index (χ2n) is 3.01. The molecule has 0 amide bonds. The van der Waals surface area contributed by atoms with Gasteiger partial charge in [0.1, 0.15) is 0 Å². The maximum atomic E-state index is 5.81. The maximum absolute atomic E-state index is 5.81. The highest BCUT2D eigenvalue weighted by Crippen LogP contribution is 2.19. The van der Waals surface area contributed by atoms with Crippen molar-refractivity contribution < 1.29 is 0 Å². The third kappa shape index (κ3) is 1.39. The molecule has 2 heteroatoms. The van der Waals surface area contributed by atoms with E-state index in [-0.39, 0.29) is 0 Å². The quantitative estimate of drug-likeness (QED) is 0.689. The first-order valence-electron chi connectivity index (χ1n) is 4.07. The lowest BCUT2D eigenvalue weighted by Crippen LogP contribution is -1.92. The van der Waals surface area contributed by atoms with Gasteiger partial charge in [0.15, 0.2) is 0 Å². The Labute approximate surface area is 68.0 Å². The summed E-state index contributed by atoms with van der Waals surface area (Å²) in [6.07, 6.45) is 4.24. The number of hydrogen-bond acceptors (Lipinski definition) is 1. The fraction of sp³-hybridized carbons (Fsp3) is 0.556. The molecule has 2 N–H and O–H groups in total. The van der Waals surface area contributed by atoms with E-state index in [2.05, 4.69) is 18.4 Å². The second kappa shape index (κ2) is 2.99. The van der Waals surface area contributed by atoms with Crippen LogP contribution in [0.4, 0.5) is 5.69 Å². The zero-order chi connectivity index (χ0) is 8.43. The smallest absolute Gasteiger partial charge is 0.0529 e. The fourth-order valence-electron chi connectivity index (χ4n) is 1.38. The summed E-state index contributed by atoms with van der Waals surface area (Å²) in [5.41, 5.74) is 9.35. The van der Waals surface area contributed by atoms with Gasteiger partial charge in [0.05, 0.1) is 5.69 Å². The Morgan fingerprint density at radius 3 is 2.55 bits per heavy atom. The van der Waals surface area contributed by atoms with Crippen LogP contribution in [0.5, 0.6) is 0 Å². The molecule has 0 aromatic carbocycles. The number of aryl methyl sites for hydroxylation is 1. The molecule has 1 rings (SSSR count). The highest BCUT2D eigenvalue weighted by atomic mass is 14.9. The minimum Gasteiger partial charge on any atom is -0.397 e. The number of rotatable bonds is 2. The van der Waals surface area contributed by atoms with Crippen LogP contribution in [0.3, 0.4) is 0 Å². The Kier molecular flexibility index (Phi) is 2.22. The molecule has 1 aromatic rings. The lowest BCUT2D eigenvalue weighted by molar-refractivity contribution is 0.849. The number of nitrogens with two attached hydrogens (primary N) is 1. The van der Waals surface area contributed by atoms with Crippen LogP contribution in [0.1, 0.15) is 24.6 Å². The van der Waals surface area contributed by atoms with Crippen molar-refractivity contribution in [1.29, 1.82) is 0 Å². The molecule has 0 radical (unpaired) electrons. The molecule has 0 fully saturated rings. The van der Waals surface area contributed by atoms with Gasteiger partial charge < -0.3 is 10.3 Å². The lowest BCUT2D eigenvalue weighted by Gasteiger charge is -1.99. The molecule has 11 heavy (non-hydrogen) atoms. The van der Waals surface area contributed by atoms with E-state index in [1.165, 1.54) is 11.3 Å². The van der Waals surface area contributed by atoms with Crippen LogP contribution in [0, 0.1) is 6.92 Å². The molecule has 0 aliphatic heterocycles. The Bertz CT molecular complexity index is 248. The summed E-state index contributed by atoms with van der Waals surface area (Å²) in [7, 11) is 2.03.